The van der Waals surface area contributed by atoms with Gasteiger partial charge in [-0.3, -0.25) is 4.40 Å². The first kappa shape index (κ1) is 19.2. The minimum absolute atomic E-state index is 0.588. The molecule has 0 radical (unpaired) electrons. The van der Waals surface area contributed by atoms with Crippen LogP contribution in [0, 0.1) is 13.8 Å². The van der Waals surface area contributed by atoms with E-state index in [-0.39, 0.29) is 0 Å². The molecule has 5 heteroatoms. The number of benzene rings is 1. The van der Waals surface area contributed by atoms with Crippen LogP contribution in [-0.2, 0) is 6.42 Å². The minimum Gasteiger partial charge on any atom is -0.390 e. The lowest BCUT2D eigenvalue weighted by Gasteiger charge is -2.17. The maximum absolute atomic E-state index is 10.1. The van der Waals surface area contributed by atoms with Gasteiger partial charge in [-0.2, -0.15) is 0 Å². The van der Waals surface area contributed by atoms with Gasteiger partial charge in [0.2, 0.25) is 0 Å². The summed E-state index contributed by atoms with van der Waals surface area (Å²) in [4.78, 5) is 14.6. The lowest BCUT2D eigenvalue weighted by Crippen LogP contribution is -2.19. The van der Waals surface area contributed by atoms with E-state index in [1.54, 1.807) is 0 Å². The third-order valence-electron chi connectivity index (χ3n) is 6.07. The van der Waals surface area contributed by atoms with Gasteiger partial charge in [0.15, 0.2) is 5.65 Å². The molecule has 0 aliphatic heterocycles. The number of aryl methyl sites for hydroxylation is 3. The summed E-state index contributed by atoms with van der Waals surface area (Å²) in [5, 5.41) is 10.1. The van der Waals surface area contributed by atoms with Gasteiger partial charge in [0.25, 0.3) is 0 Å². The van der Waals surface area contributed by atoms with Crippen LogP contribution in [0.15, 0.2) is 36.5 Å². The van der Waals surface area contributed by atoms with Crippen LogP contribution >= 0.6 is 0 Å². The van der Waals surface area contributed by atoms with Crippen molar-refractivity contribution in [1.82, 2.24) is 19.4 Å². The number of aromatic nitrogens is 4. The fourth-order valence-corrected chi connectivity index (χ4v) is 4.08. The highest BCUT2D eigenvalue weighted by Gasteiger charge is 2.26. The highest BCUT2D eigenvalue weighted by Crippen LogP contribution is 2.39. The number of imidazole rings is 1. The van der Waals surface area contributed by atoms with Gasteiger partial charge in [-0.25, -0.2) is 15.0 Å². The van der Waals surface area contributed by atoms with E-state index in [4.69, 9.17) is 15.0 Å². The number of fused-ring (bicyclic) bond motifs is 3. The number of hydrogen-bond acceptors (Lipinski definition) is 4. The largest absolute Gasteiger partial charge is 0.390 e. The summed E-state index contributed by atoms with van der Waals surface area (Å²) in [5.74, 6) is 1.49. The Morgan fingerprint density at radius 2 is 1.90 bits per heavy atom. The molecule has 5 rings (SSSR count). The lowest BCUT2D eigenvalue weighted by molar-refractivity contribution is 0.0714. The van der Waals surface area contributed by atoms with Crippen molar-refractivity contribution in [3.63, 3.8) is 0 Å². The van der Waals surface area contributed by atoms with E-state index >= 15 is 0 Å². The second-order valence-corrected chi connectivity index (χ2v) is 9.31. The Kier molecular flexibility index (Phi) is 4.40. The molecule has 1 N–H and O–H groups in total. The molecule has 4 aromatic rings. The zero-order valence-electron chi connectivity index (χ0n) is 18.1. The zero-order valence-corrected chi connectivity index (χ0v) is 18.1. The second kappa shape index (κ2) is 6.88. The SMILES string of the molecule is Cc1ccc(CCC(C)(C)O)cc1-c1ncc2c(C)nc3ccc(C4CC4)nc3n12. The maximum Gasteiger partial charge on any atom is 0.165 e. The van der Waals surface area contributed by atoms with Gasteiger partial charge < -0.3 is 5.11 Å². The van der Waals surface area contributed by atoms with Crippen LogP contribution < -0.4 is 0 Å². The smallest absolute Gasteiger partial charge is 0.165 e. The molecular weight excluding hydrogens is 372 g/mol. The van der Waals surface area contributed by atoms with E-state index in [0.717, 1.165) is 52.3 Å². The first-order valence-corrected chi connectivity index (χ1v) is 10.8. The van der Waals surface area contributed by atoms with Crippen LogP contribution in [-0.4, -0.2) is 30.1 Å². The summed E-state index contributed by atoms with van der Waals surface area (Å²) in [6, 6.07) is 10.7. The molecule has 1 aliphatic rings. The quantitative estimate of drug-likeness (QED) is 0.504. The van der Waals surface area contributed by atoms with Gasteiger partial charge in [0, 0.05) is 17.2 Å². The highest BCUT2D eigenvalue weighted by molar-refractivity contribution is 5.80. The van der Waals surface area contributed by atoms with Gasteiger partial charge in [-0.15, -0.1) is 0 Å². The highest BCUT2D eigenvalue weighted by atomic mass is 16.3. The van der Waals surface area contributed by atoms with E-state index in [1.807, 2.05) is 27.0 Å². The lowest BCUT2D eigenvalue weighted by atomic mass is 9.96. The van der Waals surface area contributed by atoms with Crippen LogP contribution in [0.3, 0.4) is 0 Å². The fraction of sp³-hybridized carbons (Fsp3) is 0.400. The summed E-state index contributed by atoms with van der Waals surface area (Å²) in [6.45, 7) is 7.86. The second-order valence-electron chi connectivity index (χ2n) is 9.31. The fourth-order valence-electron chi connectivity index (χ4n) is 4.08. The molecule has 3 heterocycles. The molecule has 1 aromatic carbocycles. The van der Waals surface area contributed by atoms with Crippen molar-refractivity contribution in [3.05, 3.63) is 59.0 Å². The van der Waals surface area contributed by atoms with Crippen LogP contribution in [0.5, 0.6) is 0 Å². The number of nitrogens with zero attached hydrogens (tertiary/aromatic N) is 4. The molecule has 1 aliphatic carbocycles. The summed E-state index contributed by atoms with van der Waals surface area (Å²) >= 11 is 0. The Morgan fingerprint density at radius 1 is 1.10 bits per heavy atom. The standard InChI is InChI=1S/C25H28N4O/c1-15-5-6-17(11-12-25(3,4)30)13-19(15)23-26-14-22-16(2)27-21-10-9-20(18-7-8-18)28-24(21)29(22)23/h5-6,9-10,13-14,18,30H,7-8,11-12H2,1-4H3. The van der Waals surface area contributed by atoms with Crippen molar-refractivity contribution in [2.24, 2.45) is 0 Å². The molecule has 0 atom stereocenters. The van der Waals surface area contributed by atoms with Crippen molar-refractivity contribution >= 4 is 16.7 Å². The average Bonchev–Trinajstić information content (AvgIpc) is 3.45. The molecule has 0 unspecified atom stereocenters. The van der Waals surface area contributed by atoms with E-state index in [1.165, 1.54) is 24.0 Å². The van der Waals surface area contributed by atoms with Gasteiger partial charge in [0.05, 0.1) is 23.0 Å². The molecule has 30 heavy (non-hydrogen) atoms. The molecule has 5 nitrogen and oxygen atoms in total. The molecule has 0 bridgehead atoms. The van der Waals surface area contributed by atoms with E-state index in [2.05, 4.69) is 41.7 Å². The van der Waals surface area contributed by atoms with Crippen molar-refractivity contribution in [3.8, 4) is 11.4 Å². The third kappa shape index (κ3) is 3.47. The van der Waals surface area contributed by atoms with Gasteiger partial charge in [-0.1, -0.05) is 12.1 Å². The van der Waals surface area contributed by atoms with E-state index in [9.17, 15) is 5.11 Å². The van der Waals surface area contributed by atoms with Crippen molar-refractivity contribution < 1.29 is 5.11 Å². The van der Waals surface area contributed by atoms with Crippen LogP contribution in [0.4, 0.5) is 0 Å². The molecule has 0 spiro atoms. The van der Waals surface area contributed by atoms with Gasteiger partial charge in [-0.05, 0) is 82.7 Å². The maximum atomic E-state index is 10.1. The number of aliphatic hydroxyl groups is 1. The Hall–Kier alpha value is -2.79. The summed E-state index contributed by atoms with van der Waals surface area (Å²) < 4.78 is 2.17. The Bertz CT molecular complexity index is 1260. The normalized spacial score (nSPS) is 14.7. The Morgan fingerprint density at radius 3 is 2.63 bits per heavy atom. The predicted molar refractivity (Wildman–Crippen MR) is 120 cm³/mol. The predicted octanol–water partition coefficient (Wildman–Crippen LogP) is 5.14. The van der Waals surface area contributed by atoms with Crippen molar-refractivity contribution in [1.29, 1.82) is 0 Å². The molecule has 3 aromatic heterocycles. The molecule has 154 valence electrons. The first-order chi connectivity index (χ1) is 14.3. The molecule has 1 fully saturated rings. The van der Waals surface area contributed by atoms with Gasteiger partial charge >= 0.3 is 0 Å². The topological polar surface area (TPSA) is 63.3 Å². The van der Waals surface area contributed by atoms with E-state index in [0.29, 0.717) is 5.92 Å². The van der Waals surface area contributed by atoms with Crippen LogP contribution in [0.2, 0.25) is 0 Å². The third-order valence-corrected chi connectivity index (χ3v) is 6.07. The molecule has 0 amide bonds. The molecule has 0 saturated heterocycles. The van der Waals surface area contributed by atoms with Gasteiger partial charge in [0.1, 0.15) is 11.3 Å². The zero-order chi connectivity index (χ0) is 21.0. The minimum atomic E-state index is -0.673. The molecular formula is C25H28N4O. The van der Waals surface area contributed by atoms with Crippen molar-refractivity contribution in [2.45, 2.75) is 64.9 Å². The average molecular weight is 401 g/mol. The summed E-state index contributed by atoms with van der Waals surface area (Å²) in [7, 11) is 0. The Balaban J connectivity index is 1.69. The van der Waals surface area contributed by atoms with Crippen LogP contribution in [0.25, 0.3) is 28.1 Å². The Labute approximate surface area is 176 Å². The first-order valence-electron chi connectivity index (χ1n) is 10.8. The van der Waals surface area contributed by atoms with Crippen LogP contribution in [0.1, 0.15) is 61.5 Å². The summed E-state index contributed by atoms with van der Waals surface area (Å²) in [6.07, 6.45) is 5.90. The number of pyridine rings is 1. The summed E-state index contributed by atoms with van der Waals surface area (Å²) in [5.41, 5.74) is 7.71. The van der Waals surface area contributed by atoms with E-state index < -0.39 is 5.60 Å². The van der Waals surface area contributed by atoms with Crippen molar-refractivity contribution in [2.75, 3.05) is 0 Å². The number of rotatable bonds is 5. The molecule has 1 saturated carbocycles. The monoisotopic (exact) mass is 400 g/mol. The number of hydrogen-bond donors (Lipinski definition) is 1.